The van der Waals surface area contributed by atoms with Crippen LogP contribution in [-0.2, 0) is 23.8 Å². The molecule has 0 saturated heterocycles. The maximum atomic E-state index is 12.7. The van der Waals surface area contributed by atoms with Crippen LogP contribution in [0.5, 0.6) is 0 Å². The fourth-order valence-corrected chi connectivity index (χ4v) is 7.45. The van der Waals surface area contributed by atoms with E-state index in [0.717, 1.165) is 32.1 Å². The van der Waals surface area contributed by atoms with Crippen molar-refractivity contribution in [3.05, 3.63) is 0 Å². The zero-order chi connectivity index (χ0) is 39.3. The first-order valence-corrected chi connectivity index (χ1v) is 24.6. The number of carbonyl (C=O) groups excluding carboxylic acids is 2. The van der Waals surface area contributed by atoms with Gasteiger partial charge in [-0.2, -0.15) is 0 Å². The summed E-state index contributed by atoms with van der Waals surface area (Å²) in [5.74, 6) is -0.377. The smallest absolute Gasteiger partial charge is 0.306 e. The fraction of sp³-hybridized carbons (Fsp3) is 0.959. The molecule has 0 N–H and O–H groups in total. The van der Waals surface area contributed by atoms with E-state index in [9.17, 15) is 9.59 Å². The maximum absolute atomic E-state index is 12.7. The van der Waals surface area contributed by atoms with Crippen molar-refractivity contribution in [3.63, 3.8) is 0 Å². The molecule has 322 valence electrons. The Bertz CT molecular complexity index is 740. The Morgan fingerprint density at radius 3 is 0.944 bits per heavy atom. The van der Waals surface area contributed by atoms with Gasteiger partial charge in [0.15, 0.2) is 6.10 Å². The van der Waals surface area contributed by atoms with Gasteiger partial charge in [-0.15, -0.1) is 0 Å². The summed E-state index contributed by atoms with van der Waals surface area (Å²) in [5.41, 5.74) is 0. The molecule has 0 spiro atoms. The van der Waals surface area contributed by atoms with Crippen LogP contribution in [0.4, 0.5) is 0 Å². The summed E-state index contributed by atoms with van der Waals surface area (Å²) in [6.45, 7) is 7.88. The van der Waals surface area contributed by atoms with Gasteiger partial charge >= 0.3 is 11.9 Å². The van der Waals surface area contributed by atoms with Gasteiger partial charge in [0, 0.05) is 19.4 Å². The standard InChI is InChI=1S/C49H96O5/c1-4-7-10-13-16-19-21-23-24-25-27-29-32-35-38-41-44-52-45-47(54-49(51)43-40-37-34-30-18-15-12-9-6-3)46-53-48(50)42-39-36-33-31-28-26-22-20-17-14-11-8-5-2/h47H,4-46H2,1-3H3. The molecule has 0 saturated carbocycles. The van der Waals surface area contributed by atoms with E-state index in [1.807, 2.05) is 0 Å². The molecule has 54 heavy (non-hydrogen) atoms. The van der Waals surface area contributed by atoms with E-state index in [0.29, 0.717) is 26.1 Å². The van der Waals surface area contributed by atoms with Crippen molar-refractivity contribution in [3.8, 4) is 0 Å². The van der Waals surface area contributed by atoms with E-state index in [2.05, 4.69) is 20.8 Å². The molecule has 0 aromatic carbocycles. The maximum Gasteiger partial charge on any atom is 0.306 e. The average molecular weight is 765 g/mol. The summed E-state index contributed by atoms with van der Waals surface area (Å²) in [6.07, 6.45) is 49.6. The SMILES string of the molecule is CCCCCCCCCCCCCCCCCCOCC(COC(=O)CCCCCCCCCCCCCCC)OC(=O)CCCCCCCCCCC. The number of rotatable bonds is 46. The Hall–Kier alpha value is -1.10. The third-order valence-electron chi connectivity index (χ3n) is 11.1. The van der Waals surface area contributed by atoms with Crippen LogP contribution in [0, 0.1) is 0 Å². The first kappa shape index (κ1) is 52.9. The molecule has 0 radical (unpaired) electrons. The molecule has 0 amide bonds. The molecular weight excluding hydrogens is 669 g/mol. The summed E-state index contributed by atoms with van der Waals surface area (Å²) in [4.78, 5) is 25.2. The van der Waals surface area contributed by atoms with Gasteiger partial charge in [-0.3, -0.25) is 9.59 Å². The van der Waals surface area contributed by atoms with Gasteiger partial charge in [0.05, 0.1) is 6.61 Å². The molecule has 0 bridgehead atoms. The highest BCUT2D eigenvalue weighted by molar-refractivity contribution is 5.70. The zero-order valence-corrected chi connectivity index (χ0v) is 37.0. The topological polar surface area (TPSA) is 61.8 Å². The third kappa shape index (κ3) is 43.6. The highest BCUT2D eigenvalue weighted by Gasteiger charge is 2.17. The van der Waals surface area contributed by atoms with Gasteiger partial charge < -0.3 is 14.2 Å². The van der Waals surface area contributed by atoms with Gasteiger partial charge in [0.2, 0.25) is 0 Å². The molecule has 0 heterocycles. The highest BCUT2D eigenvalue weighted by Crippen LogP contribution is 2.16. The lowest BCUT2D eigenvalue weighted by atomic mass is 10.0. The van der Waals surface area contributed by atoms with E-state index in [1.165, 1.54) is 212 Å². The Balaban J connectivity index is 4.13. The van der Waals surface area contributed by atoms with E-state index in [1.54, 1.807) is 0 Å². The van der Waals surface area contributed by atoms with E-state index in [4.69, 9.17) is 14.2 Å². The lowest BCUT2D eigenvalue weighted by molar-refractivity contribution is -0.163. The van der Waals surface area contributed by atoms with Crippen LogP contribution < -0.4 is 0 Å². The first-order valence-electron chi connectivity index (χ1n) is 24.6. The lowest BCUT2D eigenvalue weighted by Gasteiger charge is -2.18. The quantitative estimate of drug-likeness (QED) is 0.0456. The molecule has 0 aliphatic carbocycles. The molecule has 0 aliphatic heterocycles. The largest absolute Gasteiger partial charge is 0.462 e. The van der Waals surface area contributed by atoms with Crippen LogP contribution in [-0.4, -0.2) is 37.9 Å². The number of carbonyl (C=O) groups is 2. The number of esters is 2. The molecule has 1 unspecified atom stereocenters. The van der Waals surface area contributed by atoms with Crippen LogP contribution in [0.25, 0.3) is 0 Å². The van der Waals surface area contributed by atoms with Crippen molar-refractivity contribution in [1.29, 1.82) is 0 Å². The molecule has 0 rings (SSSR count). The Morgan fingerprint density at radius 2 is 0.611 bits per heavy atom. The minimum Gasteiger partial charge on any atom is -0.462 e. The van der Waals surface area contributed by atoms with E-state index >= 15 is 0 Å². The van der Waals surface area contributed by atoms with Crippen molar-refractivity contribution in [1.82, 2.24) is 0 Å². The average Bonchev–Trinajstić information content (AvgIpc) is 3.17. The van der Waals surface area contributed by atoms with Crippen molar-refractivity contribution in [2.45, 2.75) is 284 Å². The van der Waals surface area contributed by atoms with Gasteiger partial charge in [-0.05, 0) is 19.3 Å². The summed E-state index contributed by atoms with van der Waals surface area (Å²) < 4.78 is 17.3. The van der Waals surface area contributed by atoms with Gasteiger partial charge in [0.1, 0.15) is 6.61 Å². The number of hydrogen-bond acceptors (Lipinski definition) is 5. The normalized spacial score (nSPS) is 12.0. The van der Waals surface area contributed by atoms with E-state index < -0.39 is 6.10 Å². The second-order valence-electron chi connectivity index (χ2n) is 16.7. The molecule has 0 aromatic rings. The van der Waals surface area contributed by atoms with Gasteiger partial charge in [0.25, 0.3) is 0 Å². The third-order valence-corrected chi connectivity index (χ3v) is 11.1. The van der Waals surface area contributed by atoms with Crippen molar-refractivity contribution in [2.24, 2.45) is 0 Å². The Kier molecular flexibility index (Phi) is 45.3. The van der Waals surface area contributed by atoms with Crippen molar-refractivity contribution < 1.29 is 23.8 Å². The summed E-state index contributed by atoms with van der Waals surface area (Å²) in [7, 11) is 0. The molecule has 5 nitrogen and oxygen atoms in total. The summed E-state index contributed by atoms with van der Waals surface area (Å²) in [5, 5.41) is 0. The van der Waals surface area contributed by atoms with Crippen molar-refractivity contribution >= 4 is 11.9 Å². The van der Waals surface area contributed by atoms with Crippen LogP contribution >= 0.6 is 0 Å². The number of unbranched alkanes of at least 4 members (excludes halogenated alkanes) is 35. The molecule has 0 aliphatic rings. The minimum absolute atomic E-state index is 0.0970. The lowest BCUT2D eigenvalue weighted by Crippen LogP contribution is -2.30. The molecule has 1 atom stereocenters. The van der Waals surface area contributed by atoms with Gasteiger partial charge in [-0.25, -0.2) is 0 Å². The molecular formula is C49H96O5. The van der Waals surface area contributed by atoms with Crippen molar-refractivity contribution in [2.75, 3.05) is 19.8 Å². The van der Waals surface area contributed by atoms with Crippen LogP contribution in [0.2, 0.25) is 0 Å². The van der Waals surface area contributed by atoms with E-state index in [-0.39, 0.29) is 18.5 Å². The van der Waals surface area contributed by atoms with Crippen LogP contribution in [0.15, 0.2) is 0 Å². The Labute approximate surface area is 338 Å². The Morgan fingerprint density at radius 1 is 0.333 bits per heavy atom. The fourth-order valence-electron chi connectivity index (χ4n) is 7.45. The monoisotopic (exact) mass is 765 g/mol. The van der Waals surface area contributed by atoms with Gasteiger partial charge in [-0.1, -0.05) is 245 Å². The summed E-state index contributed by atoms with van der Waals surface area (Å²) in [6, 6.07) is 0. The predicted molar refractivity (Wildman–Crippen MR) is 233 cm³/mol. The predicted octanol–water partition coefficient (Wildman–Crippen LogP) is 16.1. The summed E-state index contributed by atoms with van der Waals surface area (Å²) >= 11 is 0. The first-order chi connectivity index (χ1) is 26.6. The molecule has 5 heteroatoms. The number of ether oxygens (including phenoxy) is 3. The minimum atomic E-state index is -0.521. The highest BCUT2D eigenvalue weighted by atomic mass is 16.6. The number of hydrogen-bond donors (Lipinski definition) is 0. The second kappa shape index (κ2) is 46.3. The molecule has 0 aromatic heterocycles. The zero-order valence-electron chi connectivity index (χ0n) is 37.0. The van der Waals surface area contributed by atoms with Crippen LogP contribution in [0.1, 0.15) is 278 Å². The molecule has 0 fully saturated rings. The van der Waals surface area contributed by atoms with Crippen LogP contribution in [0.3, 0.4) is 0 Å². The second-order valence-corrected chi connectivity index (χ2v) is 16.7.